The number of carboxylic acids is 1. The van der Waals surface area contributed by atoms with E-state index in [-0.39, 0.29) is 5.56 Å². The van der Waals surface area contributed by atoms with Gasteiger partial charge in [-0.2, -0.15) is 0 Å². The first-order chi connectivity index (χ1) is 8.50. The molecule has 0 saturated carbocycles. The van der Waals surface area contributed by atoms with Crippen LogP contribution in [-0.4, -0.2) is 52.6 Å². The van der Waals surface area contributed by atoms with Gasteiger partial charge in [0.05, 0.1) is 5.69 Å². The van der Waals surface area contributed by atoms with Gasteiger partial charge in [0.2, 0.25) is 0 Å². The van der Waals surface area contributed by atoms with Crippen LogP contribution in [-0.2, 0) is 6.54 Å². The number of rotatable bonds is 7. The highest BCUT2D eigenvalue weighted by Gasteiger charge is 2.12. The molecule has 1 aromatic heterocycles. The summed E-state index contributed by atoms with van der Waals surface area (Å²) >= 11 is 0. The van der Waals surface area contributed by atoms with E-state index in [4.69, 9.17) is 5.11 Å². The van der Waals surface area contributed by atoms with Crippen molar-refractivity contribution in [1.82, 2.24) is 20.2 Å². The lowest BCUT2D eigenvalue weighted by molar-refractivity contribution is 0.0694. The monoisotopic (exact) mass is 252 g/mol. The standard InChI is InChI=1S/C12H20N4O2/c1-9(4-5-16(2)3)14-7-11-10(12(17)18)6-13-8-15-11/h6,8-9,14H,4-5,7H2,1-3H3,(H,17,18). The summed E-state index contributed by atoms with van der Waals surface area (Å²) in [4.78, 5) is 20.8. The Kier molecular flexibility index (Phi) is 5.67. The number of carboxylic acid groups (broad SMARTS) is 1. The normalized spacial score (nSPS) is 12.7. The van der Waals surface area contributed by atoms with E-state index in [1.807, 2.05) is 14.1 Å². The molecule has 0 aliphatic carbocycles. The minimum absolute atomic E-state index is 0.157. The number of hydrogen-bond acceptors (Lipinski definition) is 5. The van der Waals surface area contributed by atoms with Crippen LogP contribution in [0.5, 0.6) is 0 Å². The fraction of sp³-hybridized carbons (Fsp3) is 0.583. The van der Waals surface area contributed by atoms with Crippen molar-refractivity contribution < 1.29 is 9.90 Å². The maximum absolute atomic E-state index is 11.0. The molecule has 6 heteroatoms. The zero-order valence-electron chi connectivity index (χ0n) is 11.1. The van der Waals surface area contributed by atoms with Crippen molar-refractivity contribution in [2.24, 2.45) is 0 Å². The van der Waals surface area contributed by atoms with Gasteiger partial charge in [0.15, 0.2) is 0 Å². The van der Waals surface area contributed by atoms with Gasteiger partial charge in [0.25, 0.3) is 0 Å². The quantitative estimate of drug-likeness (QED) is 0.740. The molecule has 0 fully saturated rings. The van der Waals surface area contributed by atoms with Gasteiger partial charge in [0, 0.05) is 18.8 Å². The van der Waals surface area contributed by atoms with Gasteiger partial charge >= 0.3 is 5.97 Å². The predicted molar refractivity (Wildman–Crippen MR) is 68.5 cm³/mol. The van der Waals surface area contributed by atoms with Gasteiger partial charge in [-0.1, -0.05) is 0 Å². The van der Waals surface area contributed by atoms with Crippen molar-refractivity contribution in [3.63, 3.8) is 0 Å². The van der Waals surface area contributed by atoms with Crippen molar-refractivity contribution >= 4 is 5.97 Å². The highest BCUT2D eigenvalue weighted by Crippen LogP contribution is 2.04. The highest BCUT2D eigenvalue weighted by atomic mass is 16.4. The Labute approximate surface area is 107 Å². The van der Waals surface area contributed by atoms with Gasteiger partial charge in [-0.25, -0.2) is 14.8 Å². The van der Waals surface area contributed by atoms with Crippen LogP contribution >= 0.6 is 0 Å². The van der Waals surface area contributed by atoms with E-state index < -0.39 is 5.97 Å². The molecule has 0 aliphatic heterocycles. The van der Waals surface area contributed by atoms with E-state index in [1.165, 1.54) is 12.5 Å². The number of nitrogens with one attached hydrogen (secondary N) is 1. The Hall–Kier alpha value is -1.53. The first-order valence-electron chi connectivity index (χ1n) is 5.91. The Balaban J connectivity index is 2.50. The van der Waals surface area contributed by atoms with Crippen LogP contribution < -0.4 is 5.32 Å². The number of hydrogen-bond donors (Lipinski definition) is 2. The number of aromatic nitrogens is 2. The van der Waals surface area contributed by atoms with Crippen LogP contribution in [0.3, 0.4) is 0 Å². The molecule has 0 amide bonds. The zero-order valence-corrected chi connectivity index (χ0v) is 11.1. The third kappa shape index (κ3) is 4.77. The van der Waals surface area contributed by atoms with Crippen LogP contribution in [0.15, 0.2) is 12.5 Å². The summed E-state index contributed by atoms with van der Waals surface area (Å²) in [6.07, 6.45) is 3.70. The number of aromatic carboxylic acids is 1. The molecule has 0 spiro atoms. The SMILES string of the molecule is CC(CCN(C)C)NCc1ncncc1C(=O)O. The lowest BCUT2D eigenvalue weighted by Gasteiger charge is -2.16. The molecule has 1 rings (SSSR count). The topological polar surface area (TPSA) is 78.3 Å². The molecule has 1 atom stereocenters. The summed E-state index contributed by atoms with van der Waals surface area (Å²) in [7, 11) is 4.05. The van der Waals surface area contributed by atoms with Crippen LogP contribution in [0.4, 0.5) is 0 Å². The lowest BCUT2D eigenvalue weighted by Crippen LogP contribution is -2.30. The first kappa shape index (κ1) is 14.5. The van der Waals surface area contributed by atoms with E-state index in [9.17, 15) is 4.79 Å². The molecule has 1 unspecified atom stereocenters. The predicted octanol–water partition coefficient (Wildman–Crippen LogP) is 0.605. The summed E-state index contributed by atoms with van der Waals surface area (Å²) in [5, 5.41) is 12.3. The Morgan fingerprint density at radius 3 is 2.89 bits per heavy atom. The highest BCUT2D eigenvalue weighted by molar-refractivity contribution is 5.88. The van der Waals surface area contributed by atoms with Gasteiger partial charge in [-0.15, -0.1) is 0 Å². The van der Waals surface area contributed by atoms with E-state index >= 15 is 0 Å². The molecule has 0 aromatic carbocycles. The lowest BCUT2D eigenvalue weighted by atomic mass is 10.2. The van der Waals surface area contributed by atoms with Crippen LogP contribution in [0.25, 0.3) is 0 Å². The van der Waals surface area contributed by atoms with E-state index in [0.29, 0.717) is 18.3 Å². The van der Waals surface area contributed by atoms with Crippen molar-refractivity contribution in [2.45, 2.75) is 25.9 Å². The van der Waals surface area contributed by atoms with Crippen molar-refractivity contribution in [3.8, 4) is 0 Å². The maximum Gasteiger partial charge on any atom is 0.339 e. The summed E-state index contributed by atoms with van der Waals surface area (Å²) < 4.78 is 0. The van der Waals surface area contributed by atoms with Crippen LogP contribution in [0, 0.1) is 0 Å². The summed E-state index contributed by atoms with van der Waals surface area (Å²) in [6, 6.07) is 0.309. The fourth-order valence-corrected chi connectivity index (χ4v) is 1.50. The average Bonchev–Trinajstić information content (AvgIpc) is 2.34. The van der Waals surface area contributed by atoms with Gasteiger partial charge < -0.3 is 15.3 Å². The summed E-state index contributed by atoms with van der Waals surface area (Å²) in [5.74, 6) is -0.992. The second kappa shape index (κ2) is 7.03. The molecule has 0 bridgehead atoms. The van der Waals surface area contributed by atoms with Crippen molar-refractivity contribution in [3.05, 3.63) is 23.8 Å². The van der Waals surface area contributed by atoms with Gasteiger partial charge in [-0.3, -0.25) is 0 Å². The summed E-state index contributed by atoms with van der Waals surface area (Å²) in [6.45, 7) is 3.51. The largest absolute Gasteiger partial charge is 0.478 e. The maximum atomic E-state index is 11.0. The van der Waals surface area contributed by atoms with Crippen LogP contribution in [0.2, 0.25) is 0 Å². The zero-order chi connectivity index (χ0) is 13.5. The molecule has 18 heavy (non-hydrogen) atoms. The second-order valence-electron chi connectivity index (χ2n) is 4.56. The second-order valence-corrected chi connectivity index (χ2v) is 4.56. The van der Waals surface area contributed by atoms with Crippen molar-refractivity contribution in [1.29, 1.82) is 0 Å². The first-order valence-corrected chi connectivity index (χ1v) is 5.91. The molecule has 0 saturated heterocycles. The Bertz CT molecular complexity index is 395. The van der Waals surface area contributed by atoms with E-state index in [2.05, 4.69) is 27.1 Å². The third-order valence-corrected chi connectivity index (χ3v) is 2.65. The van der Waals surface area contributed by atoms with Gasteiger partial charge in [0.1, 0.15) is 11.9 Å². The molecule has 1 aromatic rings. The van der Waals surface area contributed by atoms with Crippen LogP contribution in [0.1, 0.15) is 29.4 Å². The van der Waals surface area contributed by atoms with Gasteiger partial charge in [-0.05, 0) is 34.0 Å². The molecular formula is C12H20N4O2. The third-order valence-electron chi connectivity index (χ3n) is 2.65. The minimum atomic E-state index is -0.992. The van der Waals surface area contributed by atoms with E-state index in [1.54, 1.807) is 0 Å². The summed E-state index contributed by atoms with van der Waals surface area (Å²) in [5.41, 5.74) is 0.680. The molecule has 0 aliphatic rings. The fourth-order valence-electron chi connectivity index (χ4n) is 1.50. The molecule has 0 radical (unpaired) electrons. The Morgan fingerprint density at radius 1 is 1.56 bits per heavy atom. The smallest absolute Gasteiger partial charge is 0.339 e. The minimum Gasteiger partial charge on any atom is -0.478 e. The Morgan fingerprint density at radius 2 is 2.28 bits per heavy atom. The number of carbonyl (C=O) groups is 1. The van der Waals surface area contributed by atoms with Crippen molar-refractivity contribution in [2.75, 3.05) is 20.6 Å². The molecule has 1 heterocycles. The van der Waals surface area contributed by atoms with E-state index in [0.717, 1.165) is 13.0 Å². The molecule has 6 nitrogen and oxygen atoms in total. The average molecular weight is 252 g/mol. The molecule has 100 valence electrons. The molecular weight excluding hydrogens is 232 g/mol. The molecule has 2 N–H and O–H groups in total. The number of nitrogens with zero attached hydrogens (tertiary/aromatic N) is 3.